The van der Waals surface area contributed by atoms with Crippen LogP contribution in [0.15, 0.2) is 30.0 Å². The molecule has 0 spiro atoms. The second-order valence-electron chi connectivity index (χ2n) is 8.20. The second kappa shape index (κ2) is 7.28. The van der Waals surface area contributed by atoms with Crippen molar-refractivity contribution in [2.24, 2.45) is 0 Å². The van der Waals surface area contributed by atoms with Gasteiger partial charge in [0.15, 0.2) is 0 Å². The number of halogens is 1. The molecule has 0 aliphatic carbocycles. The first-order valence-corrected chi connectivity index (χ1v) is 9.42. The highest BCUT2D eigenvalue weighted by Gasteiger charge is 2.53. The van der Waals surface area contributed by atoms with Gasteiger partial charge in [0.1, 0.15) is 5.73 Å². The molecule has 0 atom stereocenters. The third kappa shape index (κ3) is 4.19. The number of anilines is 1. The van der Waals surface area contributed by atoms with E-state index in [9.17, 15) is 9.18 Å². The number of benzene rings is 1. The van der Waals surface area contributed by atoms with Crippen LogP contribution in [0.3, 0.4) is 0 Å². The molecule has 2 aliphatic heterocycles. The molecule has 0 N–H and O–H groups in total. The number of piperazine rings is 1. The summed E-state index contributed by atoms with van der Waals surface area (Å²) in [4.78, 5) is 15.5. The Bertz CT molecular complexity index is 709. The molecule has 1 amide bonds. The minimum Gasteiger partial charge on any atom is -0.398 e. The van der Waals surface area contributed by atoms with Crippen LogP contribution in [-0.4, -0.2) is 55.3 Å². The fourth-order valence-electron chi connectivity index (χ4n) is 3.24. The van der Waals surface area contributed by atoms with E-state index in [1.165, 1.54) is 6.08 Å². The average Bonchev–Trinajstić information content (AvgIpc) is 2.83. The lowest BCUT2D eigenvalue weighted by molar-refractivity contribution is -0.129. The predicted molar refractivity (Wildman–Crippen MR) is 106 cm³/mol. The number of nitrogens with zero attached hydrogens (tertiary/aromatic N) is 2. The summed E-state index contributed by atoms with van der Waals surface area (Å²) in [6.07, 6.45) is 1.46. The largest absolute Gasteiger partial charge is 0.525 e. The average molecular weight is 374 g/mol. The van der Waals surface area contributed by atoms with Crippen molar-refractivity contribution in [3.63, 3.8) is 0 Å². The van der Waals surface area contributed by atoms with Crippen molar-refractivity contribution in [1.29, 1.82) is 0 Å². The topological polar surface area (TPSA) is 42.0 Å². The SMILES string of the molecule is CC(=O)N1CCN(c2ccc(C=C(F)B3OC(C)(C)C(C)(C)O3)cc2)CC1. The lowest BCUT2D eigenvalue weighted by Crippen LogP contribution is -2.48. The van der Waals surface area contributed by atoms with Crippen LogP contribution < -0.4 is 4.90 Å². The zero-order valence-electron chi connectivity index (χ0n) is 16.8. The van der Waals surface area contributed by atoms with Crippen LogP contribution in [0, 0.1) is 0 Å². The highest BCUT2D eigenvalue weighted by molar-refractivity contribution is 6.54. The molecule has 2 saturated heterocycles. The molecule has 3 rings (SSSR count). The summed E-state index contributed by atoms with van der Waals surface area (Å²) in [5.74, 6) is 0.119. The molecular formula is C20H28BFN2O3. The highest BCUT2D eigenvalue weighted by atomic mass is 19.1. The van der Waals surface area contributed by atoms with E-state index in [4.69, 9.17) is 9.31 Å². The molecule has 7 heteroatoms. The first-order valence-electron chi connectivity index (χ1n) is 9.42. The number of carbonyl (C=O) groups is 1. The third-order valence-corrected chi connectivity index (χ3v) is 5.77. The highest BCUT2D eigenvalue weighted by Crippen LogP contribution is 2.39. The maximum absolute atomic E-state index is 14.6. The number of hydrogen-bond acceptors (Lipinski definition) is 4. The summed E-state index contributed by atoms with van der Waals surface area (Å²) in [6.45, 7) is 12.3. The Hall–Kier alpha value is -1.86. The first-order chi connectivity index (χ1) is 12.6. The molecule has 0 unspecified atom stereocenters. The quantitative estimate of drug-likeness (QED) is 0.762. The fourth-order valence-corrected chi connectivity index (χ4v) is 3.24. The van der Waals surface area contributed by atoms with Crippen LogP contribution in [-0.2, 0) is 14.1 Å². The zero-order valence-corrected chi connectivity index (χ0v) is 16.8. The van der Waals surface area contributed by atoms with Gasteiger partial charge in [-0.15, -0.1) is 0 Å². The number of carbonyl (C=O) groups excluding carboxylic acids is 1. The second-order valence-corrected chi connectivity index (χ2v) is 8.20. The molecular weight excluding hydrogens is 346 g/mol. The van der Waals surface area contributed by atoms with Gasteiger partial charge in [0.2, 0.25) is 5.91 Å². The van der Waals surface area contributed by atoms with Crippen molar-refractivity contribution < 1.29 is 18.5 Å². The summed E-state index contributed by atoms with van der Waals surface area (Å²) in [5.41, 5.74) is 0.278. The number of amides is 1. The Kier molecular flexibility index (Phi) is 5.37. The lowest BCUT2D eigenvalue weighted by atomic mass is 9.87. The van der Waals surface area contributed by atoms with Crippen molar-refractivity contribution in [3.8, 4) is 0 Å². The van der Waals surface area contributed by atoms with E-state index in [0.29, 0.717) is 0 Å². The molecule has 2 heterocycles. The maximum Gasteiger partial charge on any atom is 0.525 e. The minimum absolute atomic E-state index is 0.119. The lowest BCUT2D eigenvalue weighted by Gasteiger charge is -2.35. The van der Waals surface area contributed by atoms with Gasteiger partial charge in [-0.25, -0.2) is 4.39 Å². The number of rotatable bonds is 3. The summed E-state index contributed by atoms with van der Waals surface area (Å²) >= 11 is 0. The molecule has 0 aromatic heterocycles. The molecule has 2 fully saturated rings. The first kappa shape index (κ1) is 19.9. The molecule has 0 saturated carbocycles. The summed E-state index contributed by atoms with van der Waals surface area (Å²) < 4.78 is 26.1. The van der Waals surface area contributed by atoms with Gasteiger partial charge in [-0.3, -0.25) is 4.79 Å². The van der Waals surface area contributed by atoms with E-state index in [1.54, 1.807) is 6.92 Å². The Morgan fingerprint density at radius 1 is 1.04 bits per heavy atom. The Balaban J connectivity index is 1.64. The van der Waals surface area contributed by atoms with Crippen molar-refractivity contribution in [3.05, 3.63) is 35.6 Å². The third-order valence-electron chi connectivity index (χ3n) is 5.77. The van der Waals surface area contributed by atoms with E-state index in [1.807, 2.05) is 56.9 Å². The molecule has 146 valence electrons. The molecule has 0 bridgehead atoms. The van der Waals surface area contributed by atoms with Crippen LogP contribution in [0.4, 0.5) is 10.1 Å². The van der Waals surface area contributed by atoms with Gasteiger partial charge in [0, 0.05) is 38.8 Å². The number of hydrogen-bond donors (Lipinski definition) is 0. The predicted octanol–water partition coefficient (Wildman–Crippen LogP) is 3.30. The Morgan fingerprint density at radius 2 is 1.56 bits per heavy atom. The van der Waals surface area contributed by atoms with Gasteiger partial charge < -0.3 is 19.1 Å². The molecule has 27 heavy (non-hydrogen) atoms. The fraction of sp³-hybridized carbons (Fsp3) is 0.550. The minimum atomic E-state index is -0.977. The van der Waals surface area contributed by atoms with Gasteiger partial charge in [-0.05, 0) is 51.5 Å². The van der Waals surface area contributed by atoms with E-state index in [-0.39, 0.29) is 5.91 Å². The van der Waals surface area contributed by atoms with Crippen LogP contribution in [0.25, 0.3) is 6.08 Å². The van der Waals surface area contributed by atoms with Gasteiger partial charge in [0.05, 0.1) is 11.2 Å². The van der Waals surface area contributed by atoms with Crippen molar-refractivity contribution in [2.75, 3.05) is 31.1 Å². The van der Waals surface area contributed by atoms with Crippen LogP contribution in [0.5, 0.6) is 0 Å². The summed E-state index contributed by atoms with van der Waals surface area (Å²) in [7, 11) is -0.977. The van der Waals surface area contributed by atoms with E-state index >= 15 is 0 Å². The maximum atomic E-state index is 14.6. The van der Waals surface area contributed by atoms with Crippen molar-refractivity contribution >= 4 is 24.8 Å². The van der Waals surface area contributed by atoms with Crippen molar-refractivity contribution in [1.82, 2.24) is 4.90 Å². The standard InChI is InChI=1S/C20H28BFN2O3/c1-15(25)23-10-12-24(13-11-23)17-8-6-16(7-9-17)14-18(22)21-26-19(2,3)20(4,5)27-21/h6-9,14H,10-13H2,1-5H3. The van der Waals surface area contributed by atoms with Crippen LogP contribution in [0.1, 0.15) is 40.2 Å². The van der Waals surface area contributed by atoms with Crippen LogP contribution in [0.2, 0.25) is 0 Å². The summed E-state index contributed by atoms with van der Waals surface area (Å²) in [5, 5.41) is 0. The molecule has 1 aromatic rings. The van der Waals surface area contributed by atoms with Gasteiger partial charge in [-0.2, -0.15) is 0 Å². The van der Waals surface area contributed by atoms with E-state index < -0.39 is 24.0 Å². The van der Waals surface area contributed by atoms with Gasteiger partial charge >= 0.3 is 7.12 Å². The molecule has 5 nitrogen and oxygen atoms in total. The van der Waals surface area contributed by atoms with Crippen LogP contribution >= 0.6 is 0 Å². The Morgan fingerprint density at radius 3 is 2.04 bits per heavy atom. The van der Waals surface area contributed by atoms with E-state index in [2.05, 4.69) is 4.90 Å². The summed E-state index contributed by atoms with van der Waals surface area (Å²) in [6, 6.07) is 7.73. The molecule has 0 radical (unpaired) electrons. The molecule has 1 aromatic carbocycles. The molecule has 2 aliphatic rings. The van der Waals surface area contributed by atoms with Gasteiger partial charge in [-0.1, -0.05) is 12.1 Å². The smallest absolute Gasteiger partial charge is 0.398 e. The normalized spacial score (nSPS) is 22.3. The Labute approximate surface area is 161 Å². The van der Waals surface area contributed by atoms with Crippen molar-refractivity contribution in [2.45, 2.75) is 45.8 Å². The van der Waals surface area contributed by atoms with Gasteiger partial charge in [0.25, 0.3) is 0 Å². The monoisotopic (exact) mass is 374 g/mol. The zero-order chi connectivity index (χ0) is 19.8. The van der Waals surface area contributed by atoms with E-state index in [0.717, 1.165) is 37.4 Å².